The van der Waals surface area contributed by atoms with Crippen LogP contribution in [0.4, 0.5) is 0 Å². The van der Waals surface area contributed by atoms with Crippen LogP contribution in [0.1, 0.15) is 12.8 Å². The number of hydrogen-bond donors (Lipinski definition) is 1. The van der Waals surface area contributed by atoms with Gasteiger partial charge in [0.15, 0.2) is 0 Å². The normalized spacial score (nSPS) is 19.1. The van der Waals surface area contributed by atoms with Crippen molar-refractivity contribution in [2.75, 3.05) is 7.11 Å². The number of carboxylic acid groups (broad SMARTS) is 1. The molecule has 108 valence electrons. The largest absolute Gasteiger partial charge is 0.497 e. The van der Waals surface area contributed by atoms with Gasteiger partial charge in [0.1, 0.15) is 11.8 Å². The average Bonchev–Trinajstić information content (AvgIpc) is 2.81. The highest BCUT2D eigenvalue weighted by molar-refractivity contribution is 7.89. The van der Waals surface area contributed by atoms with E-state index in [-0.39, 0.29) is 17.7 Å². The predicted octanol–water partition coefficient (Wildman–Crippen LogP) is 0.459. The van der Waals surface area contributed by atoms with Crippen molar-refractivity contribution in [1.29, 1.82) is 0 Å². The molecule has 1 fully saturated rings. The lowest BCUT2D eigenvalue weighted by Gasteiger charge is -2.21. The van der Waals surface area contributed by atoms with Gasteiger partial charge in [-0.2, -0.15) is 0 Å². The fourth-order valence-corrected chi connectivity index (χ4v) is 3.65. The highest BCUT2D eigenvalue weighted by atomic mass is 32.2. The third-order valence-corrected chi connectivity index (χ3v) is 4.91. The van der Waals surface area contributed by atoms with E-state index >= 15 is 0 Å². The molecule has 1 aromatic carbocycles. The molecule has 1 atom stereocenters. The molecule has 1 heterocycles. The summed E-state index contributed by atoms with van der Waals surface area (Å²) in [7, 11) is -2.72. The van der Waals surface area contributed by atoms with Crippen LogP contribution in [0.25, 0.3) is 0 Å². The second kappa shape index (κ2) is 5.12. The monoisotopic (exact) mass is 299 g/mol. The van der Waals surface area contributed by atoms with Gasteiger partial charge in [-0.1, -0.05) is 0 Å². The van der Waals surface area contributed by atoms with E-state index in [2.05, 4.69) is 0 Å². The highest BCUT2D eigenvalue weighted by Gasteiger charge is 2.44. The molecule has 0 radical (unpaired) electrons. The maximum absolute atomic E-state index is 12.4. The summed E-state index contributed by atoms with van der Waals surface area (Å²) < 4.78 is 30.1. The zero-order chi connectivity index (χ0) is 14.9. The number of carbonyl (C=O) groups is 2. The van der Waals surface area contributed by atoms with Gasteiger partial charge in [0.2, 0.25) is 5.91 Å². The first-order valence-electron chi connectivity index (χ1n) is 5.82. The minimum atomic E-state index is -4.16. The van der Waals surface area contributed by atoms with E-state index in [1.54, 1.807) is 0 Å². The topological polar surface area (TPSA) is 101 Å². The summed E-state index contributed by atoms with van der Waals surface area (Å²) in [5, 5.41) is 9.02. The number of aliphatic carboxylic acids is 1. The maximum Gasteiger partial charge on any atom is 0.327 e. The third kappa shape index (κ3) is 2.34. The molecular weight excluding hydrogens is 286 g/mol. The van der Waals surface area contributed by atoms with Crippen molar-refractivity contribution in [3.63, 3.8) is 0 Å². The number of methoxy groups -OCH3 is 1. The SMILES string of the molecule is COc1ccc(S(=O)(=O)N2C(=O)CC[C@H]2C(=O)O)cc1. The van der Waals surface area contributed by atoms with Gasteiger partial charge in [-0.15, -0.1) is 0 Å². The Morgan fingerprint density at radius 1 is 1.35 bits per heavy atom. The molecule has 7 nitrogen and oxygen atoms in total. The summed E-state index contributed by atoms with van der Waals surface area (Å²) in [4.78, 5) is 22.6. The molecule has 1 aromatic rings. The Bertz CT molecular complexity index is 636. The van der Waals surface area contributed by atoms with Crippen molar-refractivity contribution in [3.8, 4) is 5.75 Å². The molecule has 0 aromatic heterocycles. The highest BCUT2D eigenvalue weighted by Crippen LogP contribution is 2.28. The first-order chi connectivity index (χ1) is 9.37. The Hall–Kier alpha value is -2.09. The zero-order valence-electron chi connectivity index (χ0n) is 10.6. The van der Waals surface area contributed by atoms with Crippen LogP contribution < -0.4 is 4.74 Å². The third-order valence-electron chi connectivity index (χ3n) is 3.06. The van der Waals surface area contributed by atoms with Crippen LogP contribution in [0.2, 0.25) is 0 Å². The fourth-order valence-electron chi connectivity index (χ4n) is 2.05. The number of nitrogens with zero attached hydrogens (tertiary/aromatic N) is 1. The molecule has 1 aliphatic heterocycles. The van der Waals surface area contributed by atoms with Crippen LogP contribution in [-0.2, 0) is 19.6 Å². The minimum absolute atomic E-state index is 0.0104. The summed E-state index contributed by atoms with van der Waals surface area (Å²) in [6, 6.07) is 4.08. The van der Waals surface area contributed by atoms with E-state index < -0.39 is 27.9 Å². The van der Waals surface area contributed by atoms with Gasteiger partial charge < -0.3 is 9.84 Å². The van der Waals surface area contributed by atoms with E-state index in [1.165, 1.54) is 31.4 Å². The molecule has 1 saturated heterocycles. The number of ether oxygens (including phenoxy) is 1. The average molecular weight is 299 g/mol. The van der Waals surface area contributed by atoms with Gasteiger partial charge in [0.25, 0.3) is 10.0 Å². The smallest absolute Gasteiger partial charge is 0.327 e. The predicted molar refractivity (Wildman–Crippen MR) is 67.7 cm³/mol. The summed E-state index contributed by atoms with van der Waals surface area (Å²) in [6.07, 6.45) is -0.101. The first kappa shape index (κ1) is 14.3. The Kier molecular flexibility index (Phi) is 3.67. The second-order valence-corrected chi connectivity index (χ2v) is 6.08. The molecule has 2 rings (SSSR count). The molecule has 1 N–H and O–H groups in total. The lowest BCUT2D eigenvalue weighted by Crippen LogP contribution is -2.42. The number of rotatable bonds is 4. The standard InChI is InChI=1S/C12H13NO6S/c1-19-8-2-4-9(5-3-8)20(17,18)13-10(12(15)16)6-7-11(13)14/h2-5,10H,6-7H2,1H3,(H,15,16)/t10-/m0/s1. The van der Waals surface area contributed by atoms with Crippen LogP contribution in [0.5, 0.6) is 5.75 Å². The van der Waals surface area contributed by atoms with Crippen LogP contribution >= 0.6 is 0 Å². The number of hydrogen-bond acceptors (Lipinski definition) is 5. The molecule has 0 bridgehead atoms. The number of carboxylic acids is 1. The molecule has 1 aliphatic rings. The van der Waals surface area contributed by atoms with Crippen LogP contribution in [0, 0.1) is 0 Å². The van der Waals surface area contributed by atoms with E-state index in [9.17, 15) is 18.0 Å². The molecule has 8 heteroatoms. The Morgan fingerprint density at radius 2 is 1.95 bits per heavy atom. The van der Waals surface area contributed by atoms with Crippen molar-refractivity contribution < 1.29 is 27.9 Å². The second-order valence-electron chi connectivity index (χ2n) is 4.26. The molecule has 20 heavy (non-hydrogen) atoms. The summed E-state index contributed by atoms with van der Waals surface area (Å²) in [5.74, 6) is -1.56. The van der Waals surface area contributed by atoms with Crippen LogP contribution in [0.3, 0.4) is 0 Å². The van der Waals surface area contributed by atoms with Crippen LogP contribution in [0.15, 0.2) is 29.2 Å². The van der Waals surface area contributed by atoms with Crippen LogP contribution in [-0.4, -0.2) is 42.9 Å². The molecule has 0 aliphatic carbocycles. The fraction of sp³-hybridized carbons (Fsp3) is 0.333. The molecular formula is C12H13NO6S. The van der Waals surface area contributed by atoms with E-state index in [4.69, 9.17) is 9.84 Å². The van der Waals surface area contributed by atoms with Gasteiger partial charge in [-0.05, 0) is 30.7 Å². The lowest BCUT2D eigenvalue weighted by atomic mass is 10.2. The number of benzene rings is 1. The van der Waals surface area contributed by atoms with Gasteiger partial charge in [0.05, 0.1) is 12.0 Å². The molecule has 0 saturated carbocycles. The van der Waals surface area contributed by atoms with E-state index in [0.29, 0.717) is 10.1 Å². The van der Waals surface area contributed by atoms with Gasteiger partial charge >= 0.3 is 5.97 Å². The van der Waals surface area contributed by atoms with Crippen molar-refractivity contribution in [3.05, 3.63) is 24.3 Å². The van der Waals surface area contributed by atoms with Crippen molar-refractivity contribution >= 4 is 21.9 Å². The number of amides is 1. The minimum Gasteiger partial charge on any atom is -0.497 e. The van der Waals surface area contributed by atoms with Crippen molar-refractivity contribution in [2.24, 2.45) is 0 Å². The summed E-state index contributed by atoms with van der Waals surface area (Å²) in [6.45, 7) is 0. The summed E-state index contributed by atoms with van der Waals surface area (Å²) in [5.41, 5.74) is 0. The summed E-state index contributed by atoms with van der Waals surface area (Å²) >= 11 is 0. The Morgan fingerprint density at radius 3 is 2.45 bits per heavy atom. The molecule has 0 spiro atoms. The lowest BCUT2D eigenvalue weighted by molar-refractivity contribution is -0.143. The van der Waals surface area contributed by atoms with Crippen molar-refractivity contribution in [2.45, 2.75) is 23.8 Å². The van der Waals surface area contributed by atoms with E-state index in [1.807, 2.05) is 0 Å². The zero-order valence-corrected chi connectivity index (χ0v) is 11.5. The molecule has 1 amide bonds. The molecule has 0 unspecified atom stereocenters. The van der Waals surface area contributed by atoms with Gasteiger partial charge in [-0.25, -0.2) is 17.5 Å². The number of carbonyl (C=O) groups excluding carboxylic acids is 1. The maximum atomic E-state index is 12.4. The van der Waals surface area contributed by atoms with Crippen molar-refractivity contribution in [1.82, 2.24) is 4.31 Å². The van der Waals surface area contributed by atoms with Gasteiger partial charge in [-0.3, -0.25) is 4.79 Å². The first-order valence-corrected chi connectivity index (χ1v) is 7.26. The Balaban J connectivity index is 2.42. The quantitative estimate of drug-likeness (QED) is 0.866. The Labute approximate surface area is 115 Å². The number of sulfonamides is 1. The van der Waals surface area contributed by atoms with Gasteiger partial charge in [0, 0.05) is 6.42 Å². The van der Waals surface area contributed by atoms with E-state index in [0.717, 1.165) is 0 Å².